The van der Waals surface area contributed by atoms with Crippen LogP contribution in [0.3, 0.4) is 0 Å². The van der Waals surface area contributed by atoms with Crippen LogP contribution in [0.1, 0.15) is 51.7 Å². The first-order valence-electron chi connectivity index (χ1n) is 8.32. The molecule has 1 N–H and O–H groups in total. The summed E-state index contributed by atoms with van der Waals surface area (Å²) >= 11 is 0. The van der Waals surface area contributed by atoms with E-state index < -0.39 is 12.1 Å². The van der Waals surface area contributed by atoms with Gasteiger partial charge in [-0.15, -0.1) is 0 Å². The number of carboxylic acid groups (broad SMARTS) is 1. The van der Waals surface area contributed by atoms with Crippen molar-refractivity contribution in [3.05, 3.63) is 29.8 Å². The Morgan fingerprint density at radius 1 is 1.30 bits per heavy atom. The minimum absolute atomic E-state index is 0.0257. The van der Waals surface area contributed by atoms with Crippen LogP contribution < -0.4 is 4.74 Å². The molecule has 2 aliphatic carbocycles. The Bertz CT molecular complexity index is 609. The van der Waals surface area contributed by atoms with Crippen LogP contribution >= 0.6 is 0 Å². The molecule has 126 valence electrons. The topological polar surface area (TPSA) is 55.8 Å². The number of rotatable bonds is 5. The number of hydrogen-bond acceptors (Lipinski definition) is 3. The zero-order valence-corrected chi connectivity index (χ0v) is 14.3. The molecule has 2 fully saturated rings. The molecular weight excluding hydrogens is 292 g/mol. The fraction of sp³-hybridized carbons (Fsp3) is 0.632. The number of carboxylic acids is 1. The van der Waals surface area contributed by atoms with Crippen LogP contribution in [-0.2, 0) is 9.53 Å². The van der Waals surface area contributed by atoms with Crippen LogP contribution in [0.2, 0.25) is 0 Å². The molecule has 1 unspecified atom stereocenters. The number of fused-ring (bicyclic) bond motifs is 2. The molecule has 2 saturated carbocycles. The van der Waals surface area contributed by atoms with E-state index in [4.69, 9.17) is 9.47 Å². The van der Waals surface area contributed by atoms with Crippen LogP contribution in [0.15, 0.2) is 24.3 Å². The van der Waals surface area contributed by atoms with Crippen molar-refractivity contribution in [2.45, 2.75) is 52.2 Å². The maximum atomic E-state index is 11.8. The highest BCUT2D eigenvalue weighted by Gasteiger charge is 2.62. The molecule has 1 aromatic carbocycles. The average molecular weight is 318 g/mol. The van der Waals surface area contributed by atoms with Gasteiger partial charge in [0, 0.05) is 5.56 Å². The van der Waals surface area contributed by atoms with Crippen molar-refractivity contribution in [3.8, 4) is 5.75 Å². The first-order chi connectivity index (χ1) is 10.8. The molecule has 0 aliphatic heterocycles. The van der Waals surface area contributed by atoms with E-state index in [9.17, 15) is 9.90 Å². The van der Waals surface area contributed by atoms with E-state index in [1.807, 2.05) is 12.1 Å². The lowest BCUT2D eigenvalue weighted by atomic mass is 9.70. The van der Waals surface area contributed by atoms with Gasteiger partial charge < -0.3 is 14.6 Å². The first-order valence-corrected chi connectivity index (χ1v) is 8.32. The highest BCUT2D eigenvalue weighted by atomic mass is 16.5. The summed E-state index contributed by atoms with van der Waals surface area (Å²) in [5, 5.41) is 9.71. The largest absolute Gasteiger partial charge is 0.496 e. The summed E-state index contributed by atoms with van der Waals surface area (Å²) in [5.41, 5.74) is 0.821. The lowest BCUT2D eigenvalue weighted by Crippen LogP contribution is -2.38. The molecule has 0 aromatic heterocycles. The van der Waals surface area contributed by atoms with E-state index in [0.717, 1.165) is 12.8 Å². The smallest absolute Gasteiger partial charge is 0.337 e. The molecule has 2 aliphatic rings. The van der Waals surface area contributed by atoms with Gasteiger partial charge in [0.25, 0.3) is 0 Å². The van der Waals surface area contributed by atoms with Crippen molar-refractivity contribution in [2.24, 2.45) is 16.7 Å². The maximum Gasteiger partial charge on any atom is 0.337 e. The Morgan fingerprint density at radius 2 is 2.00 bits per heavy atom. The van der Waals surface area contributed by atoms with E-state index in [-0.39, 0.29) is 16.9 Å². The molecule has 23 heavy (non-hydrogen) atoms. The normalized spacial score (nSPS) is 32.7. The summed E-state index contributed by atoms with van der Waals surface area (Å²) in [5.74, 6) is 0.218. The van der Waals surface area contributed by atoms with Crippen molar-refractivity contribution >= 4 is 5.97 Å². The monoisotopic (exact) mass is 318 g/mol. The number of methoxy groups -OCH3 is 1. The molecule has 3 rings (SSSR count). The second-order valence-electron chi connectivity index (χ2n) is 7.70. The first kappa shape index (κ1) is 16.3. The Morgan fingerprint density at radius 3 is 2.52 bits per heavy atom. The lowest BCUT2D eigenvalue weighted by molar-refractivity contribution is -0.162. The third kappa shape index (κ3) is 2.35. The van der Waals surface area contributed by atoms with Gasteiger partial charge in [-0.2, -0.15) is 0 Å². The van der Waals surface area contributed by atoms with E-state index in [0.29, 0.717) is 17.2 Å². The van der Waals surface area contributed by atoms with Crippen LogP contribution in [0.4, 0.5) is 0 Å². The molecule has 0 amide bonds. The lowest BCUT2D eigenvalue weighted by Gasteiger charge is -2.39. The maximum absolute atomic E-state index is 11.8. The fourth-order valence-corrected chi connectivity index (χ4v) is 4.65. The summed E-state index contributed by atoms with van der Waals surface area (Å²) in [7, 11) is 1.56. The van der Waals surface area contributed by atoms with Gasteiger partial charge in [0.15, 0.2) is 6.10 Å². The Kier molecular flexibility index (Phi) is 3.91. The fourth-order valence-electron chi connectivity index (χ4n) is 4.65. The quantitative estimate of drug-likeness (QED) is 0.890. The third-order valence-corrected chi connectivity index (χ3v) is 6.66. The van der Waals surface area contributed by atoms with Crippen LogP contribution in [0.25, 0.3) is 0 Å². The summed E-state index contributed by atoms with van der Waals surface area (Å²) in [4.78, 5) is 11.8. The third-order valence-electron chi connectivity index (χ3n) is 6.66. The molecule has 0 spiro atoms. The van der Waals surface area contributed by atoms with E-state index in [2.05, 4.69) is 20.8 Å². The Labute approximate surface area is 137 Å². The highest BCUT2D eigenvalue weighted by Crippen LogP contribution is 2.66. The number of ether oxygens (including phenoxy) is 2. The van der Waals surface area contributed by atoms with Gasteiger partial charge in [-0.1, -0.05) is 39.0 Å². The van der Waals surface area contributed by atoms with Crippen LogP contribution in [0.5, 0.6) is 5.75 Å². The second-order valence-corrected chi connectivity index (χ2v) is 7.70. The Hall–Kier alpha value is -1.55. The highest BCUT2D eigenvalue weighted by molar-refractivity contribution is 5.75. The van der Waals surface area contributed by atoms with Gasteiger partial charge in [0.2, 0.25) is 0 Å². The molecule has 0 radical (unpaired) electrons. The van der Waals surface area contributed by atoms with Gasteiger partial charge in [-0.05, 0) is 42.1 Å². The summed E-state index contributed by atoms with van der Waals surface area (Å²) in [6.07, 6.45) is 2.26. The number of aliphatic carboxylic acids is 1. The standard InChI is InChI=1S/C19H26O4/c1-18(2)12-9-10-19(18,3)15(11-12)23-16(17(20)21)13-7-5-6-8-14(13)22-4/h5-8,12,15-16H,9-11H2,1-4H3,(H,20,21)/t12-,15+,16?,19+/m0/s1. The molecule has 4 heteroatoms. The zero-order valence-electron chi connectivity index (χ0n) is 14.3. The van der Waals surface area contributed by atoms with Gasteiger partial charge >= 0.3 is 5.97 Å². The molecule has 2 bridgehead atoms. The number of para-hydroxylation sites is 1. The van der Waals surface area contributed by atoms with Crippen molar-refractivity contribution in [2.75, 3.05) is 7.11 Å². The number of carbonyl (C=O) groups is 1. The summed E-state index contributed by atoms with van der Waals surface area (Å²) in [6.45, 7) is 6.85. The molecule has 4 atom stereocenters. The van der Waals surface area contributed by atoms with E-state index >= 15 is 0 Å². The van der Waals surface area contributed by atoms with Crippen LogP contribution in [-0.4, -0.2) is 24.3 Å². The molecular formula is C19H26O4. The van der Waals surface area contributed by atoms with E-state index in [1.165, 1.54) is 6.42 Å². The predicted octanol–water partition coefficient (Wildman–Crippen LogP) is 4.05. The molecule has 1 aromatic rings. The Balaban J connectivity index is 1.89. The van der Waals surface area contributed by atoms with Crippen molar-refractivity contribution in [1.82, 2.24) is 0 Å². The van der Waals surface area contributed by atoms with Gasteiger partial charge in [0.05, 0.1) is 13.2 Å². The molecule has 0 heterocycles. The number of hydrogen-bond donors (Lipinski definition) is 1. The van der Waals surface area contributed by atoms with E-state index in [1.54, 1.807) is 19.2 Å². The second kappa shape index (κ2) is 5.52. The zero-order chi connectivity index (χ0) is 16.8. The van der Waals surface area contributed by atoms with Crippen molar-refractivity contribution in [1.29, 1.82) is 0 Å². The summed E-state index contributed by atoms with van der Waals surface area (Å²) < 4.78 is 11.5. The van der Waals surface area contributed by atoms with Crippen LogP contribution in [0, 0.1) is 16.7 Å². The van der Waals surface area contributed by atoms with Crippen molar-refractivity contribution < 1.29 is 19.4 Å². The SMILES string of the molecule is COc1ccccc1C(O[C@@H]1C[C@@H]2CC[C@@]1(C)C2(C)C)C(=O)O. The summed E-state index contributed by atoms with van der Waals surface area (Å²) in [6, 6.07) is 7.21. The predicted molar refractivity (Wildman–Crippen MR) is 87.5 cm³/mol. The van der Waals surface area contributed by atoms with Gasteiger partial charge in [-0.3, -0.25) is 0 Å². The van der Waals surface area contributed by atoms with Gasteiger partial charge in [0.1, 0.15) is 5.75 Å². The van der Waals surface area contributed by atoms with Gasteiger partial charge in [-0.25, -0.2) is 4.79 Å². The van der Waals surface area contributed by atoms with Crippen molar-refractivity contribution in [3.63, 3.8) is 0 Å². The molecule has 4 nitrogen and oxygen atoms in total. The molecule has 0 saturated heterocycles. The minimum Gasteiger partial charge on any atom is -0.496 e. The number of benzene rings is 1. The average Bonchev–Trinajstić information content (AvgIpc) is 2.85. The minimum atomic E-state index is -0.983.